The van der Waals surface area contributed by atoms with Crippen LogP contribution in [0.4, 0.5) is 0 Å². The van der Waals surface area contributed by atoms with Crippen LogP contribution in [0, 0.1) is 6.92 Å². The molecular formula is C19H27NSi. The van der Waals surface area contributed by atoms with E-state index in [1.807, 2.05) is 0 Å². The van der Waals surface area contributed by atoms with Gasteiger partial charge in [-0.25, -0.2) is 0 Å². The van der Waals surface area contributed by atoms with Gasteiger partial charge >= 0.3 is 0 Å². The summed E-state index contributed by atoms with van der Waals surface area (Å²) in [6, 6.07) is 18.3. The third kappa shape index (κ3) is 4.55. The Labute approximate surface area is 130 Å². The van der Waals surface area contributed by atoms with E-state index in [0.717, 1.165) is 6.54 Å². The van der Waals surface area contributed by atoms with Crippen LogP contribution in [0.15, 0.2) is 48.5 Å². The summed E-state index contributed by atoms with van der Waals surface area (Å²) in [7, 11) is -1.18. The summed E-state index contributed by atoms with van der Waals surface area (Å²) in [5.41, 5.74) is 4.02. The van der Waals surface area contributed by atoms with Gasteiger partial charge in [-0.2, -0.15) is 0 Å². The molecule has 2 aromatic carbocycles. The van der Waals surface area contributed by atoms with Gasteiger partial charge in [-0.15, -0.1) is 0 Å². The van der Waals surface area contributed by atoms with Crippen molar-refractivity contribution in [3.8, 4) is 0 Å². The van der Waals surface area contributed by atoms with Crippen molar-refractivity contribution in [1.82, 2.24) is 5.32 Å². The van der Waals surface area contributed by atoms with E-state index < -0.39 is 8.07 Å². The van der Waals surface area contributed by atoms with Crippen molar-refractivity contribution in [1.29, 1.82) is 0 Å². The molecule has 0 aliphatic carbocycles. The molecule has 1 nitrogen and oxygen atoms in total. The van der Waals surface area contributed by atoms with Gasteiger partial charge in [0.05, 0.1) is 8.07 Å². The van der Waals surface area contributed by atoms with Gasteiger partial charge in [-0.05, 0) is 25.0 Å². The van der Waals surface area contributed by atoms with Crippen molar-refractivity contribution in [2.45, 2.75) is 46.1 Å². The summed E-state index contributed by atoms with van der Waals surface area (Å²) in [5, 5.41) is 5.13. The maximum absolute atomic E-state index is 3.60. The first-order valence-electron chi connectivity index (χ1n) is 7.75. The average molecular weight is 298 g/mol. The Morgan fingerprint density at radius 3 is 2.00 bits per heavy atom. The number of rotatable bonds is 5. The van der Waals surface area contributed by atoms with Gasteiger partial charge in [-0.3, -0.25) is 0 Å². The molecule has 2 rings (SSSR count). The largest absolute Gasteiger partial charge is 0.306 e. The van der Waals surface area contributed by atoms with E-state index >= 15 is 0 Å². The topological polar surface area (TPSA) is 12.0 Å². The first-order chi connectivity index (χ1) is 9.86. The second-order valence-electron chi connectivity index (χ2n) is 6.96. The molecule has 1 N–H and O–H groups in total. The van der Waals surface area contributed by atoms with Crippen LogP contribution in [0.1, 0.15) is 29.7 Å². The fraction of sp³-hybridized carbons (Fsp3) is 0.368. The van der Waals surface area contributed by atoms with Crippen molar-refractivity contribution in [3.63, 3.8) is 0 Å². The molecule has 0 saturated heterocycles. The van der Waals surface area contributed by atoms with E-state index in [0.29, 0.717) is 6.04 Å². The first-order valence-corrected chi connectivity index (χ1v) is 11.3. The molecule has 0 fully saturated rings. The number of aryl methyl sites for hydroxylation is 1. The zero-order chi connectivity index (χ0) is 15.5. The molecule has 0 aliphatic rings. The zero-order valence-electron chi connectivity index (χ0n) is 13.9. The lowest BCUT2D eigenvalue weighted by Gasteiger charge is -2.18. The van der Waals surface area contributed by atoms with E-state index in [1.54, 1.807) is 0 Å². The molecule has 21 heavy (non-hydrogen) atoms. The highest BCUT2D eigenvalue weighted by molar-refractivity contribution is 6.88. The number of benzene rings is 2. The third-order valence-corrected chi connectivity index (χ3v) is 6.08. The van der Waals surface area contributed by atoms with Crippen LogP contribution in [0.3, 0.4) is 0 Å². The molecule has 0 aromatic heterocycles. The maximum atomic E-state index is 3.60. The number of hydrogen-bond donors (Lipinski definition) is 1. The highest BCUT2D eigenvalue weighted by Gasteiger charge is 2.15. The SMILES string of the molecule is Cc1ccc([C@@H](C)NCc2ccc([Si](C)(C)C)cc2)cc1. The maximum Gasteiger partial charge on any atom is 0.0775 e. The fourth-order valence-electron chi connectivity index (χ4n) is 2.37. The van der Waals surface area contributed by atoms with Crippen LogP contribution in [0.25, 0.3) is 0 Å². The predicted octanol–water partition coefficient (Wildman–Crippen LogP) is 4.39. The molecule has 2 heteroatoms. The van der Waals surface area contributed by atoms with E-state index in [4.69, 9.17) is 0 Å². The Hall–Kier alpha value is -1.38. The van der Waals surface area contributed by atoms with Crippen molar-refractivity contribution in [2.75, 3.05) is 0 Å². The molecule has 0 amide bonds. The van der Waals surface area contributed by atoms with Crippen LogP contribution in [0.5, 0.6) is 0 Å². The highest BCUT2D eigenvalue weighted by Crippen LogP contribution is 2.14. The Morgan fingerprint density at radius 1 is 0.905 bits per heavy atom. The van der Waals surface area contributed by atoms with Crippen molar-refractivity contribution >= 4 is 13.3 Å². The van der Waals surface area contributed by atoms with Crippen LogP contribution >= 0.6 is 0 Å². The molecule has 0 bridgehead atoms. The van der Waals surface area contributed by atoms with Gasteiger partial charge in [0.15, 0.2) is 0 Å². The van der Waals surface area contributed by atoms with Crippen LogP contribution < -0.4 is 10.5 Å². The minimum Gasteiger partial charge on any atom is -0.306 e. The first kappa shape index (κ1) is 16.0. The molecule has 0 spiro atoms. The Bertz CT molecular complexity index is 564. The van der Waals surface area contributed by atoms with Gasteiger partial charge in [-0.1, -0.05) is 78.9 Å². The van der Waals surface area contributed by atoms with Crippen LogP contribution in [0.2, 0.25) is 19.6 Å². The van der Waals surface area contributed by atoms with Crippen molar-refractivity contribution < 1.29 is 0 Å². The molecule has 0 radical (unpaired) electrons. The zero-order valence-corrected chi connectivity index (χ0v) is 14.9. The molecule has 2 aromatic rings. The van der Waals surface area contributed by atoms with E-state index in [2.05, 4.69) is 87.3 Å². The van der Waals surface area contributed by atoms with Crippen molar-refractivity contribution in [3.05, 3.63) is 65.2 Å². The quantitative estimate of drug-likeness (QED) is 0.807. The minimum absolute atomic E-state index is 0.377. The van der Waals surface area contributed by atoms with Gasteiger partial charge in [0.25, 0.3) is 0 Å². The summed E-state index contributed by atoms with van der Waals surface area (Å²) in [5.74, 6) is 0. The fourth-order valence-corrected chi connectivity index (χ4v) is 3.53. The molecule has 1 atom stereocenters. The summed E-state index contributed by atoms with van der Waals surface area (Å²) in [6.07, 6.45) is 0. The second kappa shape index (κ2) is 6.59. The molecule has 0 heterocycles. The minimum atomic E-state index is -1.18. The Kier molecular flexibility index (Phi) is 5.02. The Balaban J connectivity index is 1.95. The van der Waals surface area contributed by atoms with Crippen LogP contribution in [-0.4, -0.2) is 8.07 Å². The summed E-state index contributed by atoms with van der Waals surface area (Å²) < 4.78 is 0. The van der Waals surface area contributed by atoms with E-state index in [1.165, 1.54) is 21.9 Å². The summed E-state index contributed by atoms with van der Waals surface area (Å²) in [4.78, 5) is 0. The second-order valence-corrected chi connectivity index (χ2v) is 12.0. The smallest absolute Gasteiger partial charge is 0.0775 e. The Morgan fingerprint density at radius 2 is 1.48 bits per heavy atom. The summed E-state index contributed by atoms with van der Waals surface area (Å²) in [6.45, 7) is 12.4. The molecule has 0 aliphatic heterocycles. The van der Waals surface area contributed by atoms with Crippen LogP contribution in [-0.2, 0) is 6.54 Å². The van der Waals surface area contributed by atoms with Gasteiger partial charge in [0.1, 0.15) is 0 Å². The molecule has 0 unspecified atom stereocenters. The monoisotopic (exact) mass is 297 g/mol. The summed E-state index contributed by atoms with van der Waals surface area (Å²) >= 11 is 0. The van der Waals surface area contributed by atoms with Gasteiger partial charge in [0.2, 0.25) is 0 Å². The molecule has 0 saturated carbocycles. The predicted molar refractivity (Wildman–Crippen MR) is 95.9 cm³/mol. The van der Waals surface area contributed by atoms with Gasteiger partial charge in [0, 0.05) is 12.6 Å². The lowest BCUT2D eigenvalue weighted by molar-refractivity contribution is 0.574. The van der Waals surface area contributed by atoms with E-state index in [-0.39, 0.29) is 0 Å². The average Bonchev–Trinajstić information content (AvgIpc) is 2.45. The molecule has 112 valence electrons. The third-order valence-electron chi connectivity index (χ3n) is 4.01. The standard InChI is InChI=1S/C19H27NSi/c1-15-6-10-18(11-7-15)16(2)20-14-17-8-12-19(13-9-17)21(3,4)5/h6-13,16,20H,14H2,1-5H3/t16-/m1/s1. The lowest BCUT2D eigenvalue weighted by atomic mass is 10.1. The van der Waals surface area contributed by atoms with Gasteiger partial charge < -0.3 is 5.32 Å². The normalized spacial score (nSPS) is 13.2. The van der Waals surface area contributed by atoms with E-state index in [9.17, 15) is 0 Å². The number of hydrogen-bond acceptors (Lipinski definition) is 1. The van der Waals surface area contributed by atoms with Crippen molar-refractivity contribution in [2.24, 2.45) is 0 Å². The lowest BCUT2D eigenvalue weighted by Crippen LogP contribution is -2.37. The highest BCUT2D eigenvalue weighted by atomic mass is 28.3. The molecular weight excluding hydrogens is 270 g/mol. The number of nitrogens with one attached hydrogen (secondary N) is 1.